The van der Waals surface area contributed by atoms with E-state index in [2.05, 4.69) is 112 Å². The first kappa shape index (κ1) is 86.6. The molecule has 1 unspecified atom stereocenters. The van der Waals surface area contributed by atoms with Crippen LogP contribution in [0.15, 0.2) is 114 Å². The van der Waals surface area contributed by atoms with E-state index in [4.69, 9.17) is 32.9 Å². The van der Waals surface area contributed by atoms with Crippen LogP contribution >= 0.6 is 33.2 Å². The maximum atomic E-state index is 14.6. The molecule has 37 nitrogen and oxygen atoms in total. The van der Waals surface area contributed by atoms with Crippen molar-refractivity contribution in [2.75, 3.05) is 57.1 Å². The summed E-state index contributed by atoms with van der Waals surface area (Å²) in [5, 5.41) is 72.7. The number of nitrogen functional groups attached to an aromatic ring is 1. The lowest BCUT2D eigenvalue weighted by molar-refractivity contribution is -0.143. The third-order valence-corrected chi connectivity index (χ3v) is 26.5. The van der Waals surface area contributed by atoms with Gasteiger partial charge in [0.1, 0.15) is 47.3 Å². The van der Waals surface area contributed by atoms with Gasteiger partial charge in [-0.3, -0.25) is 63.1 Å². The number of aromatic amines is 3. The van der Waals surface area contributed by atoms with Gasteiger partial charge in [-0.05, 0) is 121 Å². The number of hydrogen-bond donors (Lipinski definition) is 19. The summed E-state index contributed by atoms with van der Waals surface area (Å²) in [6.07, 6.45) is -2.62. The smallest absolute Gasteiger partial charge is 0.327 e. The summed E-state index contributed by atoms with van der Waals surface area (Å²) in [5.74, 6) is -13.2. The zero-order valence-electron chi connectivity index (χ0n) is 63.7. The molecule has 1 aliphatic rings. The standard InChI is InChI=1S/C76H86ClN19O18S2Si/c1-76(2,3)117(4,5)114-57-31-56-62(46-10-7-6-9-45(46)57)40(32-77)35-96(56)71(109)54-28-39-26-43(17-19-48(39)88-54)86-67(105)51-27-38-25-42(16-18-47(38)87-51)84-59(98)22-24-115-116-36-55(73(112)113)93-69(107)53(30-61(101)102)92-66(104)49(11-8-23-81-74(78)79)90-68(106)52(29-60(99)100)89-58(97)21-20-50(72(110)111)91-65(103)37-12-14-41(15-13-37)82-33-44-34-83-64-63(85-44)70(108)95-75(80)94-64/h6-7,9-10,12-19,25-28,31,34,40,49-50,52-53,55,82,87-88H,8,11,20-24,29-30,32-33,35-36H2,1-5H3,(H,84,98)(H,86,105)(H,89,97)(H,90,106)(H,91,103)(H,92,104)(H,93,107)(H,99,100)(H,101,102)(H,110,111)(H,112,113)(H4,78,79,81)(H3,80,83,94,95,108)/t40?,49-,50-,52-,53-,55-/m0/s1. The highest BCUT2D eigenvalue weighted by Crippen LogP contribution is 2.48. The molecule has 0 bridgehead atoms. The van der Waals surface area contributed by atoms with E-state index < -0.39 is 141 Å². The molecule has 5 heterocycles. The highest BCUT2D eigenvalue weighted by molar-refractivity contribution is 8.76. The Morgan fingerprint density at radius 3 is 1.91 bits per heavy atom. The second kappa shape index (κ2) is 38.1. The third kappa shape index (κ3) is 22.6. The molecule has 6 atom stereocenters. The van der Waals surface area contributed by atoms with Crippen molar-refractivity contribution >= 4 is 191 Å². The van der Waals surface area contributed by atoms with E-state index in [0.29, 0.717) is 62.7 Å². The van der Waals surface area contributed by atoms with Crippen molar-refractivity contribution in [1.82, 2.24) is 61.8 Å². The average molecular weight is 1680 g/mol. The molecule has 117 heavy (non-hydrogen) atoms. The zero-order valence-corrected chi connectivity index (χ0v) is 67.1. The fourth-order valence-corrected chi connectivity index (χ4v) is 15.8. The lowest BCUT2D eigenvalue weighted by Crippen LogP contribution is -2.58. The summed E-state index contributed by atoms with van der Waals surface area (Å²) in [4.78, 5) is 194. The van der Waals surface area contributed by atoms with Gasteiger partial charge in [0, 0.05) is 105 Å². The molecule has 616 valence electrons. The number of alkyl halides is 1. The molecule has 0 radical (unpaired) electrons. The molecule has 9 aromatic rings. The van der Waals surface area contributed by atoms with Gasteiger partial charge in [0.15, 0.2) is 17.1 Å². The second-order valence-electron chi connectivity index (χ2n) is 29.0. The Hall–Kier alpha value is -12.8. The number of guanidine groups is 1. The first-order valence-corrected chi connectivity index (χ1v) is 42.5. The highest BCUT2D eigenvalue weighted by Gasteiger charge is 2.42. The monoisotopic (exact) mass is 1680 g/mol. The molecule has 0 saturated heterocycles. The van der Waals surface area contributed by atoms with Gasteiger partial charge in [0.05, 0.1) is 37.0 Å². The van der Waals surface area contributed by atoms with E-state index in [1.54, 1.807) is 53.4 Å². The number of nitrogens with one attached hydrogen (secondary N) is 13. The van der Waals surface area contributed by atoms with Crippen molar-refractivity contribution in [3.63, 3.8) is 0 Å². The van der Waals surface area contributed by atoms with Crippen LogP contribution < -0.4 is 74.2 Å². The number of rotatable bonds is 38. The molecule has 41 heteroatoms. The Labute approximate surface area is 679 Å². The number of benzene rings is 5. The van der Waals surface area contributed by atoms with Gasteiger partial charge < -0.3 is 99.0 Å². The molecular formula is C76H86ClN19O18S2Si. The van der Waals surface area contributed by atoms with Gasteiger partial charge in [-0.1, -0.05) is 66.6 Å². The molecule has 21 N–H and O–H groups in total. The summed E-state index contributed by atoms with van der Waals surface area (Å²) in [7, 11) is -0.287. The number of aliphatic carboxylic acids is 4. The van der Waals surface area contributed by atoms with Crippen LogP contribution in [0.4, 0.5) is 28.7 Å². The SMILES string of the molecule is CC(C)(C)[Si](C)(C)Oc1cc2c(c3ccccc13)C(CCl)CN2C(=O)c1cc2cc(NC(=O)c3cc4cc(NC(=O)CCSSC[C@H](NC(=O)[C@H](CC(=O)O)NC(=O)[C@H](CCCNC(=N)N)NC(=O)[C@H](CC(=O)O)NC(=O)CC[C@H](NC(=O)c5ccc(NCc6cnc7nc(N)[nH]c(=O)c7n6)cc5)C(=O)O)C(=O)O)ccc4[nH]3)ccc2[nH]1. The van der Waals surface area contributed by atoms with Gasteiger partial charge in [-0.2, -0.15) is 4.98 Å². The molecule has 4 aromatic heterocycles. The topological polar surface area (TPSA) is 585 Å². The number of nitrogens with zero attached hydrogens (tertiary/aromatic N) is 4. The second-order valence-corrected chi connectivity index (χ2v) is 36.6. The first-order chi connectivity index (χ1) is 55.5. The Morgan fingerprint density at radius 2 is 1.27 bits per heavy atom. The Balaban J connectivity index is 0.683. The van der Waals surface area contributed by atoms with Gasteiger partial charge >= 0.3 is 23.9 Å². The summed E-state index contributed by atoms with van der Waals surface area (Å²) < 4.78 is 6.91. The van der Waals surface area contributed by atoms with Crippen molar-refractivity contribution in [2.45, 2.75) is 127 Å². The molecule has 0 spiro atoms. The molecule has 1 aliphatic heterocycles. The Bertz CT molecular complexity index is 5430. The lowest BCUT2D eigenvalue weighted by atomic mass is 9.95. The fraction of sp³-hybridized carbons (Fsp3) is 0.329. The van der Waals surface area contributed by atoms with Crippen LogP contribution in [0.5, 0.6) is 5.75 Å². The fourth-order valence-electron chi connectivity index (χ4n) is 12.4. The number of nitrogens with two attached hydrogens (primary N) is 2. The van der Waals surface area contributed by atoms with E-state index in [-0.39, 0.29) is 89.1 Å². The Morgan fingerprint density at radius 1 is 0.675 bits per heavy atom. The molecular weight excluding hydrogens is 1590 g/mol. The number of amides is 8. The van der Waals surface area contributed by atoms with Crippen LogP contribution in [0.1, 0.15) is 114 Å². The van der Waals surface area contributed by atoms with Crippen LogP contribution in [-0.2, 0) is 49.7 Å². The molecule has 10 rings (SSSR count). The average Bonchev–Trinajstić information content (AvgIpc) is 1.61. The summed E-state index contributed by atoms with van der Waals surface area (Å²) in [6, 6.07) is 20.2. The summed E-state index contributed by atoms with van der Waals surface area (Å²) >= 11 is 6.62. The highest BCUT2D eigenvalue weighted by atomic mass is 35.5. The van der Waals surface area contributed by atoms with Crippen molar-refractivity contribution in [2.24, 2.45) is 5.73 Å². The number of carbonyl (C=O) groups excluding carboxylic acids is 8. The van der Waals surface area contributed by atoms with E-state index >= 15 is 0 Å². The van der Waals surface area contributed by atoms with Gasteiger partial charge in [-0.15, -0.1) is 11.6 Å². The largest absolute Gasteiger partial charge is 0.543 e. The number of anilines is 5. The van der Waals surface area contributed by atoms with E-state index in [1.807, 2.05) is 30.3 Å². The van der Waals surface area contributed by atoms with Crippen LogP contribution in [0, 0.1) is 5.41 Å². The zero-order chi connectivity index (χ0) is 84.7. The number of hydrogen-bond acceptors (Lipinski definition) is 22. The van der Waals surface area contributed by atoms with Crippen molar-refractivity contribution in [1.29, 1.82) is 5.41 Å². The van der Waals surface area contributed by atoms with Crippen LogP contribution in [0.25, 0.3) is 43.7 Å². The van der Waals surface area contributed by atoms with Crippen molar-refractivity contribution < 1.29 is 82.4 Å². The van der Waals surface area contributed by atoms with Crippen molar-refractivity contribution in [3.05, 3.63) is 148 Å². The molecule has 0 fully saturated rings. The number of aromatic nitrogens is 6. The molecule has 8 amide bonds. The summed E-state index contributed by atoms with van der Waals surface area (Å²) in [5.41, 5.74) is 15.6. The number of carbonyl (C=O) groups is 12. The van der Waals surface area contributed by atoms with E-state index in [0.717, 1.165) is 49.4 Å². The predicted octanol–water partition coefficient (Wildman–Crippen LogP) is 6.25. The first-order valence-electron chi connectivity index (χ1n) is 36.6. The molecule has 0 saturated carbocycles. The van der Waals surface area contributed by atoms with Crippen LogP contribution in [0.3, 0.4) is 0 Å². The Kier molecular flexibility index (Phi) is 28.2. The number of halogens is 1. The maximum Gasteiger partial charge on any atom is 0.327 e. The number of carboxylic acids is 4. The lowest BCUT2D eigenvalue weighted by Gasteiger charge is -2.37. The van der Waals surface area contributed by atoms with Crippen LogP contribution in [0.2, 0.25) is 18.1 Å². The quantitative estimate of drug-likeness (QED) is 0.00507. The summed E-state index contributed by atoms with van der Waals surface area (Å²) in [6.45, 7) is 11.3. The van der Waals surface area contributed by atoms with Crippen molar-refractivity contribution in [3.8, 4) is 5.75 Å². The maximum absolute atomic E-state index is 14.6. The number of carboxylic acid groups (broad SMARTS) is 4. The number of fused-ring (bicyclic) bond motifs is 6. The molecule has 5 aromatic carbocycles. The minimum atomic E-state index is -2.31. The predicted molar refractivity (Wildman–Crippen MR) is 443 cm³/mol. The number of H-pyrrole nitrogens is 3. The van der Waals surface area contributed by atoms with Gasteiger partial charge in [0.2, 0.25) is 35.5 Å². The van der Waals surface area contributed by atoms with Gasteiger partial charge in [-0.25, -0.2) is 19.6 Å². The van der Waals surface area contributed by atoms with Crippen LogP contribution in [-0.4, -0.2) is 196 Å². The molecule has 0 aliphatic carbocycles. The van der Waals surface area contributed by atoms with E-state index in [1.165, 1.54) is 30.5 Å². The third-order valence-electron chi connectivity index (χ3n) is 19.4. The minimum absolute atomic E-state index is 0.00263. The minimum Gasteiger partial charge on any atom is -0.543 e. The normalized spacial score (nSPS) is 13.9. The van der Waals surface area contributed by atoms with Gasteiger partial charge in [0.25, 0.3) is 31.6 Å². The van der Waals surface area contributed by atoms with E-state index in [9.17, 15) is 82.8 Å².